The van der Waals surface area contributed by atoms with E-state index in [1.54, 1.807) is 30.7 Å². The number of amides is 1. The van der Waals surface area contributed by atoms with E-state index in [9.17, 15) is 4.79 Å². The van der Waals surface area contributed by atoms with Crippen molar-refractivity contribution in [2.24, 2.45) is 5.73 Å². The highest BCUT2D eigenvalue weighted by Crippen LogP contribution is 2.31. The first kappa shape index (κ1) is 13.5. The summed E-state index contributed by atoms with van der Waals surface area (Å²) in [6, 6.07) is 9.49. The van der Waals surface area contributed by atoms with Crippen LogP contribution in [0.1, 0.15) is 5.69 Å². The third-order valence-electron chi connectivity index (χ3n) is 3.02. The fourth-order valence-electron chi connectivity index (χ4n) is 1.99. The van der Waals surface area contributed by atoms with Gasteiger partial charge in [-0.05, 0) is 30.3 Å². The molecule has 0 spiro atoms. The van der Waals surface area contributed by atoms with E-state index in [1.807, 2.05) is 24.3 Å². The molecule has 0 aliphatic rings. The molecule has 0 saturated carbocycles. The number of nitrogens with two attached hydrogens (primary N) is 1. The molecule has 1 amide bonds. The molecular weight excluding hydrogens is 286 g/mol. The Morgan fingerprint density at radius 3 is 2.86 bits per heavy atom. The molecule has 2 N–H and O–H groups in total. The molecule has 3 aromatic rings. The zero-order valence-corrected chi connectivity index (χ0v) is 12.2. The molecule has 21 heavy (non-hydrogen) atoms. The van der Waals surface area contributed by atoms with E-state index in [-0.39, 0.29) is 12.3 Å². The summed E-state index contributed by atoms with van der Waals surface area (Å²) in [5.74, 6) is 0.426. The van der Waals surface area contributed by atoms with Gasteiger partial charge in [-0.15, -0.1) is 11.3 Å². The van der Waals surface area contributed by atoms with Crippen molar-refractivity contribution in [1.29, 1.82) is 0 Å². The number of fused-ring (bicyclic) bond motifs is 1. The highest BCUT2D eigenvalue weighted by Gasteiger charge is 2.08. The Hall–Kier alpha value is -2.47. The largest absolute Gasteiger partial charge is 0.497 e. The van der Waals surface area contributed by atoms with Crippen molar-refractivity contribution in [3.05, 3.63) is 42.2 Å². The first-order valence-electron chi connectivity index (χ1n) is 6.34. The highest BCUT2D eigenvalue weighted by molar-refractivity contribution is 7.21. The van der Waals surface area contributed by atoms with Gasteiger partial charge >= 0.3 is 0 Å². The van der Waals surface area contributed by atoms with Crippen molar-refractivity contribution in [2.45, 2.75) is 6.42 Å². The summed E-state index contributed by atoms with van der Waals surface area (Å²) in [6.45, 7) is 0. The molecule has 2 aromatic heterocycles. The maximum atomic E-state index is 10.9. The molecule has 0 aliphatic carbocycles. The second kappa shape index (κ2) is 5.49. The monoisotopic (exact) mass is 299 g/mol. The second-order valence-electron chi connectivity index (χ2n) is 4.53. The molecule has 0 fully saturated rings. The van der Waals surface area contributed by atoms with Gasteiger partial charge in [-0.1, -0.05) is 0 Å². The number of pyridine rings is 1. The molecule has 0 radical (unpaired) electrons. The van der Waals surface area contributed by atoms with Gasteiger partial charge in [0.15, 0.2) is 0 Å². The summed E-state index contributed by atoms with van der Waals surface area (Å²) >= 11 is 1.58. The SMILES string of the molecule is COc1ccc2nc(-c3ccc(CC(N)=O)nc3)sc2c1. The Morgan fingerprint density at radius 1 is 1.33 bits per heavy atom. The number of aromatic nitrogens is 2. The van der Waals surface area contributed by atoms with E-state index in [2.05, 4.69) is 9.97 Å². The molecule has 6 heteroatoms. The topological polar surface area (TPSA) is 78.1 Å². The number of hydrogen-bond donors (Lipinski definition) is 1. The Kier molecular flexibility index (Phi) is 3.53. The minimum absolute atomic E-state index is 0.150. The lowest BCUT2D eigenvalue weighted by molar-refractivity contribution is -0.117. The fourth-order valence-corrected chi connectivity index (χ4v) is 2.97. The molecule has 2 heterocycles. The molecule has 0 aliphatic heterocycles. The van der Waals surface area contributed by atoms with Crippen LogP contribution < -0.4 is 10.5 Å². The first-order valence-corrected chi connectivity index (χ1v) is 7.15. The Bertz CT molecular complexity index is 796. The molecule has 5 nitrogen and oxygen atoms in total. The number of nitrogens with zero attached hydrogens (tertiary/aromatic N) is 2. The lowest BCUT2D eigenvalue weighted by Crippen LogP contribution is -2.14. The summed E-state index contributed by atoms with van der Waals surface area (Å²) in [6.07, 6.45) is 1.87. The molecule has 106 valence electrons. The van der Waals surface area contributed by atoms with E-state index in [0.717, 1.165) is 26.5 Å². The van der Waals surface area contributed by atoms with Crippen LogP contribution in [0.15, 0.2) is 36.5 Å². The number of carbonyl (C=O) groups excluding carboxylic acids is 1. The fraction of sp³-hybridized carbons (Fsp3) is 0.133. The third kappa shape index (κ3) is 2.85. The predicted molar refractivity (Wildman–Crippen MR) is 82.3 cm³/mol. The minimum atomic E-state index is -0.387. The molecule has 0 saturated heterocycles. The van der Waals surface area contributed by atoms with Gasteiger partial charge < -0.3 is 10.5 Å². The minimum Gasteiger partial charge on any atom is -0.497 e. The van der Waals surface area contributed by atoms with Gasteiger partial charge in [-0.2, -0.15) is 0 Å². The Labute approximate surface area is 125 Å². The first-order chi connectivity index (χ1) is 10.2. The van der Waals surface area contributed by atoms with Crippen LogP contribution in [0.25, 0.3) is 20.8 Å². The Balaban J connectivity index is 1.94. The number of carbonyl (C=O) groups is 1. The van der Waals surface area contributed by atoms with E-state index in [1.165, 1.54) is 0 Å². The van der Waals surface area contributed by atoms with Crippen LogP contribution in [0.4, 0.5) is 0 Å². The van der Waals surface area contributed by atoms with Crippen molar-refractivity contribution >= 4 is 27.5 Å². The van der Waals surface area contributed by atoms with Gasteiger partial charge in [-0.25, -0.2) is 4.98 Å². The molecule has 1 aromatic carbocycles. The number of hydrogen-bond acceptors (Lipinski definition) is 5. The molecule has 0 unspecified atom stereocenters. The normalized spacial score (nSPS) is 10.7. The summed E-state index contributed by atoms with van der Waals surface area (Å²) in [4.78, 5) is 19.7. The molecule has 3 rings (SSSR count). The zero-order chi connectivity index (χ0) is 14.8. The van der Waals surface area contributed by atoms with Crippen LogP contribution in [0.2, 0.25) is 0 Å². The number of rotatable bonds is 4. The number of methoxy groups -OCH3 is 1. The van der Waals surface area contributed by atoms with Crippen molar-refractivity contribution in [2.75, 3.05) is 7.11 Å². The van der Waals surface area contributed by atoms with Crippen molar-refractivity contribution in [1.82, 2.24) is 9.97 Å². The van der Waals surface area contributed by atoms with Gasteiger partial charge in [0.2, 0.25) is 5.91 Å². The van der Waals surface area contributed by atoms with Crippen LogP contribution in [-0.4, -0.2) is 23.0 Å². The van der Waals surface area contributed by atoms with Crippen molar-refractivity contribution in [3.8, 4) is 16.3 Å². The maximum Gasteiger partial charge on any atom is 0.223 e. The van der Waals surface area contributed by atoms with Gasteiger partial charge in [0, 0.05) is 17.5 Å². The maximum absolute atomic E-state index is 10.9. The number of benzene rings is 1. The summed E-state index contributed by atoms with van der Waals surface area (Å²) in [5.41, 5.74) is 7.66. The van der Waals surface area contributed by atoms with Crippen LogP contribution >= 0.6 is 11.3 Å². The summed E-state index contributed by atoms with van der Waals surface area (Å²) < 4.78 is 6.27. The smallest absolute Gasteiger partial charge is 0.223 e. The number of primary amides is 1. The van der Waals surface area contributed by atoms with Crippen molar-refractivity contribution < 1.29 is 9.53 Å². The average Bonchev–Trinajstić information content (AvgIpc) is 2.90. The van der Waals surface area contributed by atoms with Crippen LogP contribution in [0.3, 0.4) is 0 Å². The lowest BCUT2D eigenvalue weighted by Gasteiger charge is -1.98. The third-order valence-corrected chi connectivity index (χ3v) is 4.09. The van der Waals surface area contributed by atoms with Crippen LogP contribution in [-0.2, 0) is 11.2 Å². The quantitative estimate of drug-likeness (QED) is 0.802. The van der Waals surface area contributed by atoms with Crippen LogP contribution in [0, 0.1) is 0 Å². The summed E-state index contributed by atoms with van der Waals surface area (Å²) in [5, 5.41) is 0.886. The zero-order valence-electron chi connectivity index (χ0n) is 11.4. The van der Waals surface area contributed by atoms with E-state index < -0.39 is 0 Å². The van der Waals surface area contributed by atoms with Crippen molar-refractivity contribution in [3.63, 3.8) is 0 Å². The molecule has 0 atom stereocenters. The van der Waals surface area contributed by atoms with Gasteiger partial charge in [-0.3, -0.25) is 9.78 Å². The molecule has 0 bridgehead atoms. The predicted octanol–water partition coefficient (Wildman–Crippen LogP) is 2.39. The number of ether oxygens (including phenoxy) is 1. The van der Waals surface area contributed by atoms with Crippen LogP contribution in [0.5, 0.6) is 5.75 Å². The second-order valence-corrected chi connectivity index (χ2v) is 5.56. The standard InChI is InChI=1S/C15H13N3O2S/c1-20-11-4-5-12-13(7-11)21-15(18-12)9-2-3-10(17-8-9)6-14(16)19/h2-5,7-8H,6H2,1H3,(H2,16,19). The van der Waals surface area contributed by atoms with E-state index in [4.69, 9.17) is 10.5 Å². The van der Waals surface area contributed by atoms with Gasteiger partial charge in [0.25, 0.3) is 0 Å². The van der Waals surface area contributed by atoms with Gasteiger partial charge in [0.05, 0.1) is 23.7 Å². The van der Waals surface area contributed by atoms with Gasteiger partial charge in [0.1, 0.15) is 10.8 Å². The average molecular weight is 299 g/mol. The van der Waals surface area contributed by atoms with E-state index >= 15 is 0 Å². The van der Waals surface area contributed by atoms with E-state index in [0.29, 0.717) is 5.69 Å². The Morgan fingerprint density at radius 2 is 2.19 bits per heavy atom. The molecular formula is C15H13N3O2S. The highest BCUT2D eigenvalue weighted by atomic mass is 32.1. The summed E-state index contributed by atoms with van der Waals surface area (Å²) in [7, 11) is 1.64. The number of thiazole rings is 1. The lowest BCUT2D eigenvalue weighted by atomic mass is 10.2.